The molecule has 8 heteroatoms. The van der Waals surface area contributed by atoms with Crippen LogP contribution in [0.5, 0.6) is 0 Å². The predicted molar refractivity (Wildman–Crippen MR) is 82.9 cm³/mol. The summed E-state index contributed by atoms with van der Waals surface area (Å²) in [7, 11) is 0. The molecule has 4 N–H and O–H groups in total. The van der Waals surface area contributed by atoms with E-state index in [1.165, 1.54) is 0 Å². The second-order valence-corrected chi connectivity index (χ2v) is 4.72. The molecule has 4 rings (SSSR count). The smallest absolute Gasteiger partial charge is 0.224 e. The van der Waals surface area contributed by atoms with Gasteiger partial charge in [-0.2, -0.15) is 20.2 Å². The summed E-state index contributed by atoms with van der Waals surface area (Å²) in [5, 5.41) is 15.3. The van der Waals surface area contributed by atoms with Crippen molar-refractivity contribution in [3.63, 3.8) is 0 Å². The Morgan fingerprint density at radius 2 is 2.14 bits per heavy atom. The number of hydrogen-bond donors (Lipinski definition) is 3. The molecular formula is C14H12N8. The number of H-pyrrole nitrogens is 1. The van der Waals surface area contributed by atoms with Gasteiger partial charge in [-0.05, 0) is 24.3 Å². The fourth-order valence-corrected chi connectivity index (χ4v) is 2.21. The summed E-state index contributed by atoms with van der Waals surface area (Å²) in [4.78, 5) is 8.37. The summed E-state index contributed by atoms with van der Waals surface area (Å²) in [6, 6.07) is 9.46. The van der Waals surface area contributed by atoms with Crippen LogP contribution >= 0.6 is 0 Å². The van der Waals surface area contributed by atoms with Crippen LogP contribution in [0.25, 0.3) is 16.7 Å². The molecule has 0 amide bonds. The van der Waals surface area contributed by atoms with Crippen molar-refractivity contribution in [2.24, 2.45) is 0 Å². The summed E-state index contributed by atoms with van der Waals surface area (Å²) in [6.45, 7) is 0. The molecule has 8 nitrogen and oxygen atoms in total. The van der Waals surface area contributed by atoms with Crippen molar-refractivity contribution in [1.82, 2.24) is 29.9 Å². The molecule has 4 aromatic rings. The lowest BCUT2D eigenvalue weighted by Crippen LogP contribution is -2.05. The van der Waals surface area contributed by atoms with Crippen molar-refractivity contribution in [2.75, 3.05) is 11.1 Å². The van der Waals surface area contributed by atoms with Crippen LogP contribution in [0.4, 0.5) is 17.5 Å². The Labute approximate surface area is 125 Å². The molecule has 108 valence electrons. The number of hydrogen-bond acceptors (Lipinski definition) is 6. The highest BCUT2D eigenvalue weighted by molar-refractivity contribution is 5.82. The van der Waals surface area contributed by atoms with E-state index in [1.807, 2.05) is 24.3 Å². The van der Waals surface area contributed by atoms with E-state index in [2.05, 4.69) is 30.6 Å². The van der Waals surface area contributed by atoms with Crippen molar-refractivity contribution in [2.45, 2.75) is 0 Å². The number of nitrogen functional groups attached to an aromatic ring is 1. The van der Waals surface area contributed by atoms with E-state index in [0.717, 1.165) is 16.6 Å². The molecule has 22 heavy (non-hydrogen) atoms. The maximum Gasteiger partial charge on any atom is 0.224 e. The average molecular weight is 292 g/mol. The number of rotatable bonds is 3. The van der Waals surface area contributed by atoms with Crippen LogP contribution in [0.15, 0.2) is 48.9 Å². The number of nitrogens with zero attached hydrogens (tertiary/aromatic N) is 5. The molecule has 0 saturated carbocycles. The lowest BCUT2D eigenvalue weighted by molar-refractivity contribution is 0.843. The first-order chi connectivity index (χ1) is 10.8. The Hall–Kier alpha value is -3.42. The lowest BCUT2D eigenvalue weighted by atomic mass is 10.2. The van der Waals surface area contributed by atoms with Crippen molar-refractivity contribution >= 4 is 28.4 Å². The van der Waals surface area contributed by atoms with Gasteiger partial charge >= 0.3 is 0 Å². The van der Waals surface area contributed by atoms with Crippen LogP contribution in [0.2, 0.25) is 0 Å². The quantitative estimate of drug-likeness (QED) is 0.531. The molecule has 3 aromatic heterocycles. The second-order valence-electron chi connectivity index (χ2n) is 4.72. The minimum atomic E-state index is 0.180. The highest BCUT2D eigenvalue weighted by Gasteiger charge is 2.06. The number of fused-ring (bicyclic) bond motifs is 1. The molecule has 0 spiro atoms. The van der Waals surface area contributed by atoms with Crippen molar-refractivity contribution in [1.29, 1.82) is 0 Å². The Balaban J connectivity index is 1.70. The zero-order valence-corrected chi connectivity index (χ0v) is 11.4. The zero-order chi connectivity index (χ0) is 14.9. The standard InChI is InChI=1S/C14H12N8/c15-14-19-12(7-13(20-14)22-5-1-4-17-22)18-10-2-3-11-9(6-10)8-16-21-11/h1-8H,(H,16,21)(H3,15,18,19,20). The number of aromatic nitrogens is 6. The zero-order valence-electron chi connectivity index (χ0n) is 11.4. The fraction of sp³-hybridized carbons (Fsp3) is 0. The van der Waals surface area contributed by atoms with Gasteiger partial charge in [0.1, 0.15) is 5.82 Å². The van der Waals surface area contributed by atoms with Gasteiger partial charge < -0.3 is 11.1 Å². The van der Waals surface area contributed by atoms with Crippen molar-refractivity contribution in [3.05, 3.63) is 48.9 Å². The van der Waals surface area contributed by atoms with Gasteiger partial charge in [0, 0.05) is 29.5 Å². The minimum absolute atomic E-state index is 0.180. The third-order valence-electron chi connectivity index (χ3n) is 3.18. The van der Waals surface area contributed by atoms with Crippen LogP contribution in [0, 0.1) is 0 Å². The molecule has 0 saturated heterocycles. The SMILES string of the molecule is Nc1nc(Nc2ccc3[nH]ncc3c2)cc(-n2cccn2)n1. The van der Waals surface area contributed by atoms with Gasteiger partial charge in [-0.3, -0.25) is 5.10 Å². The van der Waals surface area contributed by atoms with E-state index in [1.54, 1.807) is 29.3 Å². The summed E-state index contributed by atoms with van der Waals surface area (Å²) in [5.74, 6) is 1.38. The first kappa shape index (κ1) is 12.3. The van der Waals surface area contributed by atoms with Gasteiger partial charge in [0.05, 0.1) is 11.7 Å². The maximum atomic E-state index is 5.77. The van der Waals surface area contributed by atoms with Gasteiger partial charge in [-0.1, -0.05) is 0 Å². The molecule has 0 bridgehead atoms. The Morgan fingerprint density at radius 1 is 1.18 bits per heavy atom. The number of nitrogens with two attached hydrogens (primary N) is 1. The monoisotopic (exact) mass is 292 g/mol. The molecule has 0 radical (unpaired) electrons. The predicted octanol–water partition coefficient (Wildman–Crippen LogP) is 1.86. The van der Waals surface area contributed by atoms with Crippen LogP contribution in [0.3, 0.4) is 0 Å². The number of nitrogens with one attached hydrogen (secondary N) is 2. The highest BCUT2D eigenvalue weighted by Crippen LogP contribution is 2.21. The molecule has 0 aliphatic heterocycles. The Bertz CT molecular complexity index is 925. The minimum Gasteiger partial charge on any atom is -0.368 e. The summed E-state index contributed by atoms with van der Waals surface area (Å²) >= 11 is 0. The second kappa shape index (κ2) is 4.85. The van der Waals surface area contributed by atoms with Crippen LogP contribution in [-0.2, 0) is 0 Å². The number of benzene rings is 1. The van der Waals surface area contributed by atoms with Gasteiger partial charge in [-0.25, -0.2) is 4.68 Å². The van der Waals surface area contributed by atoms with Gasteiger partial charge in [0.2, 0.25) is 5.95 Å². The van der Waals surface area contributed by atoms with E-state index in [4.69, 9.17) is 5.73 Å². The normalized spacial score (nSPS) is 10.9. The summed E-state index contributed by atoms with van der Waals surface area (Å²) in [5.41, 5.74) is 7.64. The van der Waals surface area contributed by atoms with E-state index in [9.17, 15) is 0 Å². The van der Waals surface area contributed by atoms with Gasteiger partial charge in [-0.15, -0.1) is 0 Å². The van der Waals surface area contributed by atoms with Crippen molar-refractivity contribution < 1.29 is 0 Å². The number of aromatic amines is 1. The van der Waals surface area contributed by atoms with E-state index in [-0.39, 0.29) is 5.95 Å². The fourth-order valence-electron chi connectivity index (χ4n) is 2.21. The van der Waals surface area contributed by atoms with E-state index >= 15 is 0 Å². The Kier molecular flexibility index (Phi) is 2.72. The first-order valence-corrected chi connectivity index (χ1v) is 6.63. The first-order valence-electron chi connectivity index (χ1n) is 6.63. The van der Waals surface area contributed by atoms with Crippen LogP contribution < -0.4 is 11.1 Å². The molecule has 0 aliphatic carbocycles. The summed E-state index contributed by atoms with van der Waals surface area (Å²) in [6.07, 6.45) is 5.24. The third-order valence-corrected chi connectivity index (χ3v) is 3.18. The molecule has 0 aliphatic rings. The topological polar surface area (TPSA) is 110 Å². The molecule has 0 unspecified atom stereocenters. The van der Waals surface area contributed by atoms with Gasteiger partial charge in [0.25, 0.3) is 0 Å². The third kappa shape index (κ3) is 2.22. The Morgan fingerprint density at radius 3 is 3.00 bits per heavy atom. The molecule has 1 aromatic carbocycles. The maximum absolute atomic E-state index is 5.77. The van der Waals surface area contributed by atoms with Crippen molar-refractivity contribution in [3.8, 4) is 5.82 Å². The highest BCUT2D eigenvalue weighted by atomic mass is 15.3. The molecule has 3 heterocycles. The van der Waals surface area contributed by atoms with Crippen LogP contribution in [0.1, 0.15) is 0 Å². The van der Waals surface area contributed by atoms with Gasteiger partial charge in [0.15, 0.2) is 5.82 Å². The summed E-state index contributed by atoms with van der Waals surface area (Å²) < 4.78 is 1.63. The molecule has 0 fully saturated rings. The molecular weight excluding hydrogens is 280 g/mol. The number of anilines is 3. The molecule has 0 atom stereocenters. The lowest BCUT2D eigenvalue weighted by Gasteiger charge is -2.08. The van der Waals surface area contributed by atoms with E-state index < -0.39 is 0 Å². The van der Waals surface area contributed by atoms with E-state index in [0.29, 0.717) is 11.6 Å². The largest absolute Gasteiger partial charge is 0.368 e. The van der Waals surface area contributed by atoms with Crippen LogP contribution in [-0.4, -0.2) is 29.9 Å². The average Bonchev–Trinajstić information content (AvgIpc) is 3.18.